The van der Waals surface area contributed by atoms with E-state index in [1.807, 2.05) is 85.1 Å². The first-order valence-corrected chi connectivity index (χ1v) is 7.93. The maximum Gasteiger partial charge on any atom is 0.337 e. The number of allylic oxidation sites excluding steroid dienone is 16. The summed E-state index contributed by atoms with van der Waals surface area (Å²) in [5.41, 5.74) is 3.07. The fourth-order valence-corrected chi connectivity index (χ4v) is 2.50. The van der Waals surface area contributed by atoms with Crippen LogP contribution in [0.3, 0.4) is 0 Å². The molecule has 1 heterocycles. The maximum atomic E-state index is 11.8. The smallest absolute Gasteiger partial charge is 0.337 e. The minimum absolute atomic E-state index is 0.183. The van der Waals surface area contributed by atoms with Gasteiger partial charge in [-0.3, -0.25) is 4.98 Å². The van der Waals surface area contributed by atoms with E-state index < -0.39 is 5.97 Å². The number of aromatic nitrogens is 1. The second kappa shape index (κ2) is 7.88. The van der Waals surface area contributed by atoms with Crippen molar-refractivity contribution in [1.29, 1.82) is 0 Å². The number of rotatable bonds is 3. The molecule has 0 fully saturated rings. The minimum Gasteiger partial charge on any atom is -0.478 e. The second-order valence-corrected chi connectivity index (χ2v) is 5.43. The summed E-state index contributed by atoms with van der Waals surface area (Å²) in [5.74, 6) is -0.994. The molecule has 1 N–H and O–H groups in total. The van der Waals surface area contributed by atoms with Gasteiger partial charge in [0.1, 0.15) is 0 Å². The zero-order valence-electron chi connectivity index (χ0n) is 13.5. The van der Waals surface area contributed by atoms with E-state index in [9.17, 15) is 9.90 Å². The molecule has 0 unspecified atom stereocenters. The van der Waals surface area contributed by atoms with Gasteiger partial charge in [-0.15, -0.1) is 0 Å². The van der Waals surface area contributed by atoms with Crippen LogP contribution in [0.15, 0.2) is 97.3 Å². The van der Waals surface area contributed by atoms with Gasteiger partial charge in [0.15, 0.2) is 0 Å². The maximum absolute atomic E-state index is 11.8. The van der Waals surface area contributed by atoms with Crippen molar-refractivity contribution in [2.75, 3.05) is 0 Å². The molecule has 2 aliphatic carbocycles. The molecule has 0 bridgehead atoms. The van der Waals surface area contributed by atoms with Crippen LogP contribution in [0.25, 0.3) is 11.1 Å². The first-order valence-electron chi connectivity index (χ1n) is 7.93. The van der Waals surface area contributed by atoms with Gasteiger partial charge in [-0.1, -0.05) is 85.1 Å². The zero-order chi connectivity index (χ0) is 17.5. The van der Waals surface area contributed by atoms with Gasteiger partial charge in [-0.05, 0) is 11.6 Å². The number of carboxylic acids is 1. The Hall–Kier alpha value is -3.46. The largest absolute Gasteiger partial charge is 0.478 e. The summed E-state index contributed by atoms with van der Waals surface area (Å²) in [4.78, 5) is 16.2. The van der Waals surface area contributed by atoms with Gasteiger partial charge in [-0.25, -0.2) is 4.79 Å². The van der Waals surface area contributed by atoms with Crippen LogP contribution in [0.5, 0.6) is 0 Å². The molecule has 0 amide bonds. The number of nitrogens with zero attached hydrogens (tertiary/aromatic N) is 1. The Morgan fingerprint density at radius 3 is 2.00 bits per heavy atom. The average molecular weight is 327 g/mol. The van der Waals surface area contributed by atoms with Crippen molar-refractivity contribution in [1.82, 2.24) is 4.98 Å². The zero-order valence-corrected chi connectivity index (χ0v) is 13.5. The molecule has 3 rings (SSSR count). The molecule has 1 aromatic rings. The summed E-state index contributed by atoms with van der Waals surface area (Å²) in [7, 11) is 0. The van der Waals surface area contributed by atoms with Gasteiger partial charge in [0.25, 0.3) is 0 Å². The minimum atomic E-state index is -0.994. The molecule has 122 valence electrons. The van der Waals surface area contributed by atoms with E-state index in [-0.39, 0.29) is 5.56 Å². The van der Waals surface area contributed by atoms with Crippen LogP contribution in [0, 0.1) is 0 Å². The highest BCUT2D eigenvalue weighted by Crippen LogP contribution is 2.24. The lowest BCUT2D eigenvalue weighted by molar-refractivity contribution is 0.0696. The normalized spacial score (nSPS) is 27.7. The summed E-state index contributed by atoms with van der Waals surface area (Å²) in [6.07, 6.45) is 28.3. The van der Waals surface area contributed by atoms with Crippen molar-refractivity contribution in [3.8, 4) is 0 Å². The molecule has 0 saturated heterocycles. The predicted molar refractivity (Wildman–Crippen MR) is 102 cm³/mol. The third kappa shape index (κ3) is 4.09. The van der Waals surface area contributed by atoms with Gasteiger partial charge in [0, 0.05) is 17.3 Å². The van der Waals surface area contributed by atoms with Crippen molar-refractivity contribution in [2.24, 2.45) is 0 Å². The molecule has 1 aromatic heterocycles. The number of hydrogen-bond acceptors (Lipinski definition) is 2. The van der Waals surface area contributed by atoms with Gasteiger partial charge in [-0.2, -0.15) is 0 Å². The van der Waals surface area contributed by atoms with E-state index >= 15 is 0 Å². The molecular weight excluding hydrogens is 310 g/mol. The standard InChI is InChI=1S/C22H17NO2/c24-22(25)20-15-19(17-11-7-3-1-4-8-12-17)16-23-21(20)18-13-9-5-2-6-10-14-18/h1-16H,(H,24,25)/b3-1-,4-1?,5-2-,6-2?,7-3?,8-4-,9-5?,10-6-,11-7-,12-8?,13-9-,14-10?,17-11?,17-12+,18-13?,18-14+. The lowest BCUT2D eigenvalue weighted by atomic mass is 9.99. The summed E-state index contributed by atoms with van der Waals surface area (Å²) in [6.45, 7) is 0. The molecule has 2 aliphatic rings. The Bertz CT molecular complexity index is 919. The quantitative estimate of drug-likeness (QED) is 0.858. The van der Waals surface area contributed by atoms with Crippen molar-refractivity contribution >= 4 is 17.1 Å². The van der Waals surface area contributed by atoms with Crippen LogP contribution >= 0.6 is 0 Å². The van der Waals surface area contributed by atoms with Crippen molar-refractivity contribution in [2.45, 2.75) is 0 Å². The molecular formula is C22H17NO2. The second-order valence-electron chi connectivity index (χ2n) is 5.43. The van der Waals surface area contributed by atoms with Crippen molar-refractivity contribution in [3.05, 3.63) is 114 Å². The molecule has 3 nitrogen and oxygen atoms in total. The van der Waals surface area contributed by atoms with Crippen LogP contribution in [0.2, 0.25) is 0 Å². The van der Waals surface area contributed by atoms with E-state index in [1.54, 1.807) is 12.3 Å². The van der Waals surface area contributed by atoms with Crippen LogP contribution in [-0.4, -0.2) is 16.1 Å². The van der Waals surface area contributed by atoms with Crippen LogP contribution in [0.4, 0.5) is 0 Å². The highest BCUT2D eigenvalue weighted by atomic mass is 16.4. The number of aromatic carboxylic acids is 1. The molecule has 0 saturated carbocycles. The number of carboxylic acid groups (broad SMARTS) is 1. The molecule has 3 heteroatoms. The summed E-state index contributed by atoms with van der Waals surface area (Å²) < 4.78 is 0. The van der Waals surface area contributed by atoms with Gasteiger partial charge in [0.2, 0.25) is 0 Å². The lowest BCUT2D eigenvalue weighted by Crippen LogP contribution is -2.05. The molecule has 25 heavy (non-hydrogen) atoms. The van der Waals surface area contributed by atoms with E-state index in [4.69, 9.17) is 0 Å². The van der Waals surface area contributed by atoms with E-state index in [2.05, 4.69) is 4.98 Å². The van der Waals surface area contributed by atoms with Gasteiger partial charge < -0.3 is 5.11 Å². The highest BCUT2D eigenvalue weighted by molar-refractivity contribution is 5.96. The van der Waals surface area contributed by atoms with Gasteiger partial charge in [0.05, 0.1) is 11.3 Å². The third-order valence-electron chi connectivity index (χ3n) is 3.72. The fraction of sp³-hybridized carbons (Fsp3) is 0. The number of pyridine rings is 1. The third-order valence-corrected chi connectivity index (χ3v) is 3.72. The van der Waals surface area contributed by atoms with E-state index in [0.29, 0.717) is 5.69 Å². The Morgan fingerprint density at radius 1 is 0.760 bits per heavy atom. The predicted octanol–water partition coefficient (Wildman–Crippen LogP) is 4.91. The Morgan fingerprint density at radius 2 is 1.32 bits per heavy atom. The average Bonchev–Trinajstić information content (AvgIpc) is 2.54. The van der Waals surface area contributed by atoms with Crippen molar-refractivity contribution < 1.29 is 9.90 Å². The van der Waals surface area contributed by atoms with E-state index in [0.717, 1.165) is 16.7 Å². The molecule has 0 spiro atoms. The highest BCUT2D eigenvalue weighted by Gasteiger charge is 2.15. The monoisotopic (exact) mass is 327 g/mol. The number of hydrogen-bond donors (Lipinski definition) is 1. The van der Waals surface area contributed by atoms with Crippen LogP contribution in [0.1, 0.15) is 21.6 Å². The van der Waals surface area contributed by atoms with Crippen LogP contribution in [-0.2, 0) is 0 Å². The number of carbonyl (C=O) groups is 1. The molecule has 0 aromatic carbocycles. The Labute approximate surface area is 146 Å². The first-order chi connectivity index (χ1) is 12.3. The lowest BCUT2D eigenvalue weighted by Gasteiger charge is -2.10. The van der Waals surface area contributed by atoms with E-state index in [1.165, 1.54) is 0 Å². The van der Waals surface area contributed by atoms with Crippen molar-refractivity contribution in [3.63, 3.8) is 0 Å². The Balaban J connectivity index is 2.06. The summed E-state index contributed by atoms with van der Waals surface area (Å²) in [6, 6.07) is 1.67. The summed E-state index contributed by atoms with van der Waals surface area (Å²) >= 11 is 0. The molecule has 0 atom stereocenters. The fourth-order valence-electron chi connectivity index (χ4n) is 2.50. The SMILES string of the molecule is O=C(O)c1cc(C2=C/C=C\C=C/C=C\2)cnc1C1=C/C=C\C=C/C=C\1. The summed E-state index contributed by atoms with van der Waals surface area (Å²) in [5, 5.41) is 9.66. The van der Waals surface area contributed by atoms with Gasteiger partial charge >= 0.3 is 5.97 Å². The molecule has 0 aliphatic heterocycles. The first kappa shape index (κ1) is 16.4. The van der Waals surface area contributed by atoms with Crippen LogP contribution < -0.4 is 0 Å². The topological polar surface area (TPSA) is 50.2 Å². The molecule has 0 radical (unpaired) electrons. The Kier molecular flexibility index (Phi) is 5.17.